The molecule has 0 unspecified atom stereocenters. The van der Waals surface area contributed by atoms with E-state index < -0.39 is 5.97 Å². The van der Waals surface area contributed by atoms with Gasteiger partial charge in [-0.2, -0.15) is 5.10 Å². The van der Waals surface area contributed by atoms with Gasteiger partial charge in [0, 0.05) is 19.4 Å². The molecule has 1 amide bonds. The highest BCUT2D eigenvalue weighted by atomic mass is 16.5. The van der Waals surface area contributed by atoms with E-state index in [0.717, 1.165) is 0 Å². The molecule has 2 aromatic rings. The quantitative estimate of drug-likeness (QED) is 0.820. The van der Waals surface area contributed by atoms with E-state index in [-0.39, 0.29) is 12.5 Å². The van der Waals surface area contributed by atoms with Crippen molar-refractivity contribution in [2.75, 3.05) is 12.4 Å². The number of nitrogens with one attached hydrogen (secondary N) is 1. The topological polar surface area (TPSA) is 78.1 Å². The number of rotatable bonds is 4. The Bertz CT molecular complexity index is 600. The minimum atomic E-state index is -0.400. The molecule has 0 radical (unpaired) electrons. The van der Waals surface area contributed by atoms with Crippen LogP contribution in [0, 0.1) is 0 Å². The lowest BCUT2D eigenvalue weighted by molar-refractivity contribution is -0.141. The van der Waals surface area contributed by atoms with Gasteiger partial charge in [-0.25, -0.2) is 0 Å². The first-order valence-electron chi connectivity index (χ1n) is 5.62. The molecular formula is C12H14N4O3. The van der Waals surface area contributed by atoms with Crippen LogP contribution in [0.15, 0.2) is 30.7 Å². The maximum Gasteiger partial charge on any atom is 0.327 e. The van der Waals surface area contributed by atoms with E-state index in [4.69, 9.17) is 0 Å². The first-order valence-corrected chi connectivity index (χ1v) is 5.62. The summed E-state index contributed by atoms with van der Waals surface area (Å²) < 4.78 is 7.64. The van der Waals surface area contributed by atoms with Crippen molar-refractivity contribution in [3.8, 4) is 0 Å². The van der Waals surface area contributed by atoms with E-state index in [1.54, 1.807) is 36.1 Å². The summed E-state index contributed by atoms with van der Waals surface area (Å²) in [6.07, 6.45) is 4.83. The number of ether oxygens (including phenoxy) is 1. The number of aryl methyl sites for hydroxylation is 1. The molecule has 2 rings (SSSR count). The Morgan fingerprint density at radius 3 is 2.89 bits per heavy atom. The third kappa shape index (κ3) is 3.01. The van der Waals surface area contributed by atoms with Crippen LogP contribution in [0.5, 0.6) is 0 Å². The Labute approximate surface area is 109 Å². The standard InChI is InChI=1S/C12H14N4O3/c1-15-5-3-4-10(15)12(18)14-9-6-13-16(7-9)8-11(17)19-2/h3-7H,8H2,1-2H3,(H,14,18). The number of hydrogen-bond acceptors (Lipinski definition) is 4. The number of carbonyl (C=O) groups excluding carboxylic acids is 2. The summed E-state index contributed by atoms with van der Waals surface area (Å²) in [7, 11) is 3.10. The Morgan fingerprint density at radius 1 is 1.47 bits per heavy atom. The summed E-state index contributed by atoms with van der Waals surface area (Å²) in [5, 5.41) is 6.66. The van der Waals surface area contributed by atoms with Gasteiger partial charge in [-0.05, 0) is 12.1 Å². The van der Waals surface area contributed by atoms with E-state index in [1.807, 2.05) is 0 Å². The summed E-state index contributed by atoms with van der Waals surface area (Å²) in [6.45, 7) is 0.0104. The van der Waals surface area contributed by atoms with Crippen LogP contribution in [-0.2, 0) is 23.1 Å². The molecule has 0 saturated heterocycles. The summed E-state index contributed by atoms with van der Waals surface area (Å²) in [5.41, 5.74) is 1.07. The van der Waals surface area contributed by atoms with Gasteiger partial charge in [0.05, 0.1) is 19.0 Å². The Kier molecular flexibility index (Phi) is 3.65. The minimum absolute atomic E-state index is 0.0104. The normalized spacial score (nSPS) is 10.2. The van der Waals surface area contributed by atoms with Crippen LogP contribution in [0.2, 0.25) is 0 Å². The lowest BCUT2D eigenvalue weighted by Gasteiger charge is -2.03. The smallest absolute Gasteiger partial charge is 0.327 e. The van der Waals surface area contributed by atoms with E-state index in [9.17, 15) is 9.59 Å². The molecular weight excluding hydrogens is 248 g/mol. The average Bonchev–Trinajstić information content (AvgIpc) is 2.98. The third-order valence-electron chi connectivity index (χ3n) is 2.59. The third-order valence-corrected chi connectivity index (χ3v) is 2.59. The molecule has 7 heteroatoms. The number of aromatic nitrogens is 3. The molecule has 7 nitrogen and oxygen atoms in total. The van der Waals surface area contributed by atoms with Crippen molar-refractivity contribution in [3.63, 3.8) is 0 Å². The van der Waals surface area contributed by atoms with Gasteiger partial charge in [-0.1, -0.05) is 0 Å². The second kappa shape index (κ2) is 5.38. The zero-order chi connectivity index (χ0) is 13.8. The monoisotopic (exact) mass is 262 g/mol. The molecule has 0 aromatic carbocycles. The number of amides is 1. The maximum absolute atomic E-state index is 11.9. The molecule has 0 aliphatic rings. The maximum atomic E-state index is 11.9. The fourth-order valence-corrected chi connectivity index (χ4v) is 1.60. The molecule has 2 aromatic heterocycles. The molecule has 100 valence electrons. The molecule has 0 atom stereocenters. The van der Waals surface area contributed by atoms with Gasteiger partial charge in [0.2, 0.25) is 0 Å². The number of nitrogens with zero attached hydrogens (tertiary/aromatic N) is 3. The van der Waals surface area contributed by atoms with Gasteiger partial charge in [-0.3, -0.25) is 14.3 Å². The predicted molar refractivity (Wildman–Crippen MR) is 67.6 cm³/mol. The van der Waals surface area contributed by atoms with Gasteiger partial charge in [0.15, 0.2) is 0 Å². The fourth-order valence-electron chi connectivity index (χ4n) is 1.60. The van der Waals surface area contributed by atoms with Crippen molar-refractivity contribution in [1.82, 2.24) is 14.3 Å². The highest BCUT2D eigenvalue weighted by Gasteiger charge is 2.11. The van der Waals surface area contributed by atoms with Crippen LogP contribution < -0.4 is 5.32 Å². The second-order valence-electron chi connectivity index (χ2n) is 3.96. The van der Waals surface area contributed by atoms with Crippen LogP contribution in [0.4, 0.5) is 5.69 Å². The van der Waals surface area contributed by atoms with E-state index in [2.05, 4.69) is 15.2 Å². The van der Waals surface area contributed by atoms with Gasteiger partial charge >= 0.3 is 5.97 Å². The lowest BCUT2D eigenvalue weighted by Crippen LogP contribution is -2.15. The molecule has 0 aliphatic heterocycles. The van der Waals surface area contributed by atoms with Crippen LogP contribution in [0.25, 0.3) is 0 Å². The Morgan fingerprint density at radius 2 is 2.26 bits per heavy atom. The van der Waals surface area contributed by atoms with E-state index in [0.29, 0.717) is 11.4 Å². The Hall–Kier alpha value is -2.57. The van der Waals surface area contributed by atoms with Crippen LogP contribution in [0.1, 0.15) is 10.5 Å². The molecule has 19 heavy (non-hydrogen) atoms. The van der Waals surface area contributed by atoms with Crippen molar-refractivity contribution in [2.45, 2.75) is 6.54 Å². The van der Waals surface area contributed by atoms with Crippen molar-refractivity contribution >= 4 is 17.6 Å². The Balaban J connectivity index is 2.02. The zero-order valence-corrected chi connectivity index (χ0v) is 10.7. The lowest BCUT2D eigenvalue weighted by atomic mass is 10.4. The van der Waals surface area contributed by atoms with Gasteiger partial charge in [0.1, 0.15) is 12.2 Å². The van der Waals surface area contributed by atoms with Crippen molar-refractivity contribution in [3.05, 3.63) is 36.4 Å². The number of carbonyl (C=O) groups is 2. The molecule has 0 fully saturated rings. The minimum Gasteiger partial charge on any atom is -0.468 e. The highest BCUT2D eigenvalue weighted by molar-refractivity contribution is 6.03. The summed E-state index contributed by atoms with van der Waals surface area (Å²) in [5.74, 6) is -0.631. The van der Waals surface area contributed by atoms with Crippen molar-refractivity contribution in [2.24, 2.45) is 7.05 Å². The van der Waals surface area contributed by atoms with Crippen LogP contribution in [-0.4, -0.2) is 33.3 Å². The fraction of sp³-hybridized carbons (Fsp3) is 0.250. The molecule has 1 N–H and O–H groups in total. The van der Waals surface area contributed by atoms with Gasteiger partial charge < -0.3 is 14.6 Å². The first-order chi connectivity index (χ1) is 9.10. The largest absolute Gasteiger partial charge is 0.468 e. The van der Waals surface area contributed by atoms with Gasteiger partial charge in [-0.15, -0.1) is 0 Å². The molecule has 2 heterocycles. The summed E-state index contributed by atoms with van der Waals surface area (Å²) in [4.78, 5) is 23.0. The van der Waals surface area contributed by atoms with Crippen LogP contribution >= 0.6 is 0 Å². The zero-order valence-electron chi connectivity index (χ0n) is 10.7. The molecule has 0 spiro atoms. The second-order valence-corrected chi connectivity index (χ2v) is 3.96. The van der Waals surface area contributed by atoms with E-state index in [1.165, 1.54) is 18.0 Å². The number of hydrogen-bond donors (Lipinski definition) is 1. The average molecular weight is 262 g/mol. The number of methoxy groups -OCH3 is 1. The molecule has 0 saturated carbocycles. The SMILES string of the molecule is COC(=O)Cn1cc(NC(=O)c2cccn2C)cn1. The number of esters is 1. The predicted octanol–water partition coefficient (Wildman–Crippen LogP) is 0.647. The van der Waals surface area contributed by atoms with E-state index >= 15 is 0 Å². The summed E-state index contributed by atoms with van der Waals surface area (Å²) >= 11 is 0. The summed E-state index contributed by atoms with van der Waals surface area (Å²) in [6, 6.07) is 3.50. The van der Waals surface area contributed by atoms with Crippen LogP contribution in [0.3, 0.4) is 0 Å². The van der Waals surface area contributed by atoms with Crippen molar-refractivity contribution in [1.29, 1.82) is 0 Å². The highest BCUT2D eigenvalue weighted by Crippen LogP contribution is 2.08. The van der Waals surface area contributed by atoms with Crippen molar-refractivity contribution < 1.29 is 14.3 Å². The molecule has 0 bridgehead atoms. The first kappa shape index (κ1) is 12.9. The molecule has 0 aliphatic carbocycles. The van der Waals surface area contributed by atoms with Gasteiger partial charge in [0.25, 0.3) is 5.91 Å². The number of anilines is 1.